The summed E-state index contributed by atoms with van der Waals surface area (Å²) in [6, 6.07) is 11.4. The van der Waals surface area contributed by atoms with Gasteiger partial charge in [-0.2, -0.15) is 5.10 Å². The minimum absolute atomic E-state index is 0.0618. The number of rotatable bonds is 5. The minimum Gasteiger partial charge on any atom is -0.351 e. The van der Waals surface area contributed by atoms with Crippen molar-refractivity contribution in [3.8, 4) is 0 Å². The highest BCUT2D eigenvalue weighted by Gasteiger charge is 2.08. The van der Waals surface area contributed by atoms with E-state index in [1.54, 1.807) is 12.3 Å². The Bertz CT molecular complexity index is 481. The van der Waals surface area contributed by atoms with E-state index in [0.29, 0.717) is 18.7 Å². The molecule has 0 radical (unpaired) electrons. The average Bonchev–Trinajstić information content (AvgIpc) is 2.93. The number of H-pyrrole nitrogens is 1. The molecule has 1 unspecified atom stereocenters. The van der Waals surface area contributed by atoms with Crippen LogP contribution in [0.15, 0.2) is 42.6 Å². The number of carbonyl (C=O) groups is 1. The van der Waals surface area contributed by atoms with Gasteiger partial charge in [-0.05, 0) is 18.1 Å². The molecule has 0 aliphatic heterocycles. The van der Waals surface area contributed by atoms with Gasteiger partial charge in [0.15, 0.2) is 0 Å². The number of aromatic nitrogens is 2. The fourth-order valence-corrected chi connectivity index (χ4v) is 1.69. The molecule has 2 rings (SSSR count). The van der Waals surface area contributed by atoms with Crippen molar-refractivity contribution in [2.75, 3.05) is 6.54 Å². The Hall–Kier alpha value is -2.14. The van der Waals surface area contributed by atoms with Crippen molar-refractivity contribution in [1.82, 2.24) is 15.5 Å². The molecule has 1 heterocycles. The Kier molecular flexibility index (Phi) is 4.09. The molecule has 0 saturated carbocycles. The number of nitrogens with one attached hydrogen (secondary N) is 2. The van der Waals surface area contributed by atoms with E-state index in [9.17, 15) is 4.79 Å². The normalized spacial score (nSPS) is 12.1. The lowest BCUT2D eigenvalue weighted by Crippen LogP contribution is -2.27. The first kappa shape index (κ1) is 12.3. The number of hydrogen-bond donors (Lipinski definition) is 3. The molecule has 1 amide bonds. The Balaban J connectivity index is 1.77. The van der Waals surface area contributed by atoms with Crippen LogP contribution in [0.2, 0.25) is 0 Å². The van der Waals surface area contributed by atoms with Gasteiger partial charge >= 0.3 is 0 Å². The maximum absolute atomic E-state index is 11.6. The van der Waals surface area contributed by atoms with Crippen molar-refractivity contribution in [2.24, 2.45) is 5.73 Å². The third-order valence-electron chi connectivity index (χ3n) is 2.71. The maximum atomic E-state index is 11.6. The van der Waals surface area contributed by atoms with Crippen LogP contribution < -0.4 is 11.1 Å². The van der Waals surface area contributed by atoms with Gasteiger partial charge in [0.2, 0.25) is 0 Å². The second-order valence-electron chi connectivity index (χ2n) is 4.03. The summed E-state index contributed by atoms with van der Waals surface area (Å²) >= 11 is 0. The summed E-state index contributed by atoms with van der Waals surface area (Å²) < 4.78 is 0. The lowest BCUT2D eigenvalue weighted by atomic mass is 10.1. The number of hydrogen-bond acceptors (Lipinski definition) is 3. The predicted octanol–water partition coefficient (Wildman–Crippen LogP) is 1.23. The van der Waals surface area contributed by atoms with Crippen LogP contribution in [0.5, 0.6) is 0 Å². The molecule has 1 aromatic carbocycles. The van der Waals surface area contributed by atoms with E-state index < -0.39 is 0 Å². The molecular weight excluding hydrogens is 228 g/mol. The number of carbonyl (C=O) groups excluding carboxylic acids is 1. The van der Waals surface area contributed by atoms with Crippen LogP contribution >= 0.6 is 0 Å². The number of benzene rings is 1. The molecule has 5 heteroatoms. The largest absolute Gasteiger partial charge is 0.351 e. The summed E-state index contributed by atoms with van der Waals surface area (Å²) in [5.41, 5.74) is 7.57. The van der Waals surface area contributed by atoms with Crippen LogP contribution in [0.25, 0.3) is 0 Å². The lowest BCUT2D eigenvalue weighted by Gasteiger charge is -2.12. The van der Waals surface area contributed by atoms with Crippen LogP contribution in [0.1, 0.15) is 28.5 Å². The van der Waals surface area contributed by atoms with Gasteiger partial charge in [-0.3, -0.25) is 9.89 Å². The van der Waals surface area contributed by atoms with E-state index >= 15 is 0 Å². The summed E-state index contributed by atoms with van der Waals surface area (Å²) in [6.07, 6.45) is 2.24. The van der Waals surface area contributed by atoms with E-state index in [1.165, 1.54) is 0 Å². The first-order chi connectivity index (χ1) is 8.77. The second kappa shape index (κ2) is 5.97. The van der Waals surface area contributed by atoms with E-state index in [4.69, 9.17) is 5.73 Å². The Morgan fingerprint density at radius 3 is 2.78 bits per heavy atom. The highest BCUT2D eigenvalue weighted by atomic mass is 16.1. The smallest absolute Gasteiger partial charge is 0.269 e. The fourth-order valence-electron chi connectivity index (χ4n) is 1.69. The molecule has 0 aliphatic carbocycles. The molecule has 4 N–H and O–H groups in total. The Morgan fingerprint density at radius 2 is 2.11 bits per heavy atom. The molecule has 5 nitrogen and oxygen atoms in total. The zero-order chi connectivity index (χ0) is 12.8. The predicted molar refractivity (Wildman–Crippen MR) is 68.9 cm³/mol. The molecule has 0 fully saturated rings. The van der Waals surface area contributed by atoms with Gasteiger partial charge in [0.25, 0.3) is 5.91 Å². The molecule has 94 valence electrons. The SMILES string of the molecule is NC(CCNC(=O)c1ccn[nH]1)c1ccccc1. The third-order valence-corrected chi connectivity index (χ3v) is 2.71. The molecule has 1 atom stereocenters. The van der Waals surface area contributed by atoms with E-state index in [1.807, 2.05) is 30.3 Å². The topological polar surface area (TPSA) is 83.8 Å². The first-order valence-corrected chi connectivity index (χ1v) is 5.85. The summed E-state index contributed by atoms with van der Waals surface area (Å²) in [7, 11) is 0. The quantitative estimate of drug-likeness (QED) is 0.739. The molecule has 0 saturated heterocycles. The summed E-state index contributed by atoms with van der Waals surface area (Å²) in [4.78, 5) is 11.6. The van der Waals surface area contributed by atoms with Crippen molar-refractivity contribution >= 4 is 5.91 Å². The number of nitrogens with zero attached hydrogens (tertiary/aromatic N) is 1. The average molecular weight is 244 g/mol. The van der Waals surface area contributed by atoms with Crippen molar-refractivity contribution in [2.45, 2.75) is 12.5 Å². The summed E-state index contributed by atoms with van der Waals surface area (Å²) in [5.74, 6) is -0.159. The van der Waals surface area contributed by atoms with Crippen molar-refractivity contribution in [3.05, 3.63) is 53.9 Å². The molecule has 2 aromatic rings. The molecule has 0 bridgehead atoms. The van der Waals surface area contributed by atoms with Crippen LogP contribution in [0.4, 0.5) is 0 Å². The molecule has 18 heavy (non-hydrogen) atoms. The summed E-state index contributed by atoms with van der Waals surface area (Å²) in [5, 5.41) is 9.13. The first-order valence-electron chi connectivity index (χ1n) is 5.85. The van der Waals surface area contributed by atoms with E-state index in [2.05, 4.69) is 15.5 Å². The van der Waals surface area contributed by atoms with Crippen LogP contribution in [0, 0.1) is 0 Å². The number of amides is 1. The van der Waals surface area contributed by atoms with Gasteiger partial charge in [0.1, 0.15) is 5.69 Å². The zero-order valence-corrected chi connectivity index (χ0v) is 9.97. The lowest BCUT2D eigenvalue weighted by molar-refractivity contribution is 0.0947. The van der Waals surface area contributed by atoms with Gasteiger partial charge in [-0.25, -0.2) is 0 Å². The number of aromatic amines is 1. The van der Waals surface area contributed by atoms with Gasteiger partial charge in [-0.15, -0.1) is 0 Å². The van der Waals surface area contributed by atoms with Gasteiger partial charge < -0.3 is 11.1 Å². The monoisotopic (exact) mass is 244 g/mol. The van der Waals surface area contributed by atoms with Crippen molar-refractivity contribution in [1.29, 1.82) is 0 Å². The van der Waals surface area contributed by atoms with Gasteiger partial charge in [0.05, 0.1) is 0 Å². The fraction of sp³-hybridized carbons (Fsp3) is 0.231. The number of nitrogens with two attached hydrogens (primary N) is 1. The summed E-state index contributed by atoms with van der Waals surface area (Å²) in [6.45, 7) is 0.536. The Morgan fingerprint density at radius 1 is 1.33 bits per heavy atom. The molecule has 0 spiro atoms. The second-order valence-corrected chi connectivity index (χ2v) is 4.03. The van der Waals surface area contributed by atoms with Crippen molar-refractivity contribution < 1.29 is 4.79 Å². The maximum Gasteiger partial charge on any atom is 0.269 e. The standard InChI is InChI=1S/C13H16N4O/c14-11(10-4-2-1-3-5-10)6-8-15-13(18)12-7-9-16-17-12/h1-5,7,9,11H,6,8,14H2,(H,15,18)(H,16,17). The van der Waals surface area contributed by atoms with Crippen LogP contribution in [-0.2, 0) is 0 Å². The van der Waals surface area contributed by atoms with E-state index in [-0.39, 0.29) is 11.9 Å². The highest BCUT2D eigenvalue weighted by Crippen LogP contribution is 2.12. The van der Waals surface area contributed by atoms with E-state index in [0.717, 1.165) is 5.56 Å². The molecular formula is C13H16N4O. The highest BCUT2D eigenvalue weighted by molar-refractivity contribution is 5.92. The molecule has 0 aliphatic rings. The third kappa shape index (κ3) is 3.18. The van der Waals surface area contributed by atoms with Crippen molar-refractivity contribution in [3.63, 3.8) is 0 Å². The van der Waals surface area contributed by atoms with Crippen LogP contribution in [-0.4, -0.2) is 22.6 Å². The van der Waals surface area contributed by atoms with Gasteiger partial charge in [0, 0.05) is 18.8 Å². The Labute approximate surface area is 105 Å². The van der Waals surface area contributed by atoms with Crippen LogP contribution in [0.3, 0.4) is 0 Å². The zero-order valence-electron chi connectivity index (χ0n) is 9.97. The minimum atomic E-state index is -0.159. The molecule has 1 aromatic heterocycles. The van der Waals surface area contributed by atoms with Gasteiger partial charge in [-0.1, -0.05) is 30.3 Å².